The fourth-order valence-electron chi connectivity index (χ4n) is 3.44. The Balaban J connectivity index is 1.90. The minimum Gasteiger partial charge on any atom is -0.465 e. The average Bonchev–Trinajstić information content (AvgIpc) is 3.17. The van der Waals surface area contributed by atoms with Gasteiger partial charge in [-0.05, 0) is 46.1 Å². The number of nitrogens with one attached hydrogen (secondary N) is 1. The number of benzene rings is 1. The first-order valence-electron chi connectivity index (χ1n) is 11.9. The number of rotatable bonds is 10. The Labute approximate surface area is 207 Å². The molecule has 0 aliphatic heterocycles. The SMILES string of the molecule is CCCCc1nc2c(NC(=O)C(F)(F)F)nc3ccccc3c2n1OCCCCOC(=O)C(C)(C)C. The van der Waals surface area contributed by atoms with E-state index >= 15 is 0 Å². The quantitative estimate of drug-likeness (QED) is 0.298. The van der Waals surface area contributed by atoms with E-state index in [-0.39, 0.29) is 30.5 Å². The van der Waals surface area contributed by atoms with Gasteiger partial charge in [0.1, 0.15) is 23.5 Å². The number of amides is 1. The summed E-state index contributed by atoms with van der Waals surface area (Å²) < 4.78 is 45.7. The van der Waals surface area contributed by atoms with Crippen LogP contribution in [-0.4, -0.2) is 46.0 Å². The Kier molecular flexibility index (Phi) is 8.42. The van der Waals surface area contributed by atoms with Crippen molar-refractivity contribution in [1.29, 1.82) is 0 Å². The van der Waals surface area contributed by atoms with Crippen molar-refractivity contribution in [3.8, 4) is 0 Å². The van der Waals surface area contributed by atoms with Crippen LogP contribution in [0.15, 0.2) is 24.3 Å². The fraction of sp³-hybridized carbons (Fsp3) is 0.520. The lowest BCUT2D eigenvalue weighted by atomic mass is 9.97. The summed E-state index contributed by atoms with van der Waals surface area (Å²) in [6.07, 6.45) is -1.74. The lowest BCUT2D eigenvalue weighted by Crippen LogP contribution is -2.30. The number of pyridine rings is 1. The number of esters is 1. The van der Waals surface area contributed by atoms with Crippen molar-refractivity contribution in [2.45, 2.75) is 66.0 Å². The molecule has 8 nitrogen and oxygen atoms in total. The molecule has 0 fully saturated rings. The highest BCUT2D eigenvalue weighted by atomic mass is 19.4. The Hall–Kier alpha value is -3.37. The average molecular weight is 509 g/mol. The van der Waals surface area contributed by atoms with E-state index in [2.05, 4.69) is 9.97 Å². The molecular weight excluding hydrogens is 477 g/mol. The molecule has 1 aromatic carbocycles. The minimum atomic E-state index is -5.07. The highest BCUT2D eigenvalue weighted by molar-refractivity contribution is 6.10. The van der Waals surface area contributed by atoms with Crippen molar-refractivity contribution in [1.82, 2.24) is 14.7 Å². The van der Waals surface area contributed by atoms with Crippen molar-refractivity contribution >= 4 is 39.6 Å². The van der Waals surface area contributed by atoms with Crippen LogP contribution in [0.25, 0.3) is 21.9 Å². The van der Waals surface area contributed by atoms with Gasteiger partial charge in [0.15, 0.2) is 5.82 Å². The predicted octanol–water partition coefficient (Wildman–Crippen LogP) is 5.23. The summed E-state index contributed by atoms with van der Waals surface area (Å²) in [7, 11) is 0. The van der Waals surface area contributed by atoms with Crippen LogP contribution >= 0.6 is 0 Å². The van der Waals surface area contributed by atoms with Gasteiger partial charge < -0.3 is 14.9 Å². The van der Waals surface area contributed by atoms with Crippen molar-refractivity contribution in [2.24, 2.45) is 5.41 Å². The lowest BCUT2D eigenvalue weighted by Gasteiger charge is -2.16. The zero-order valence-electron chi connectivity index (χ0n) is 20.9. The third kappa shape index (κ3) is 6.44. The van der Waals surface area contributed by atoms with Gasteiger partial charge in [0.25, 0.3) is 0 Å². The molecule has 196 valence electrons. The molecule has 0 aliphatic rings. The Morgan fingerprint density at radius 1 is 1.03 bits per heavy atom. The topological polar surface area (TPSA) is 95.3 Å². The van der Waals surface area contributed by atoms with Gasteiger partial charge in [-0.3, -0.25) is 9.59 Å². The van der Waals surface area contributed by atoms with Crippen molar-refractivity contribution in [2.75, 3.05) is 18.5 Å². The molecule has 0 spiro atoms. The van der Waals surface area contributed by atoms with Crippen LogP contribution in [0, 0.1) is 5.41 Å². The maximum Gasteiger partial charge on any atom is 0.471 e. The highest BCUT2D eigenvalue weighted by Gasteiger charge is 2.39. The molecule has 2 heterocycles. The molecule has 2 aromatic heterocycles. The van der Waals surface area contributed by atoms with E-state index < -0.39 is 17.5 Å². The number of hydrogen-bond acceptors (Lipinski definition) is 6. The first-order chi connectivity index (χ1) is 16.9. The zero-order valence-corrected chi connectivity index (χ0v) is 20.9. The van der Waals surface area contributed by atoms with E-state index in [0.29, 0.717) is 41.5 Å². The van der Waals surface area contributed by atoms with E-state index in [9.17, 15) is 22.8 Å². The molecule has 1 N–H and O–H groups in total. The van der Waals surface area contributed by atoms with Gasteiger partial charge in [-0.15, -0.1) is 0 Å². The van der Waals surface area contributed by atoms with Gasteiger partial charge >= 0.3 is 18.1 Å². The molecule has 0 saturated carbocycles. The lowest BCUT2D eigenvalue weighted by molar-refractivity contribution is -0.167. The first-order valence-corrected chi connectivity index (χ1v) is 11.9. The molecule has 0 aliphatic carbocycles. The van der Waals surface area contributed by atoms with E-state index in [1.54, 1.807) is 45.0 Å². The van der Waals surface area contributed by atoms with E-state index in [0.717, 1.165) is 12.8 Å². The number of nitrogens with zero attached hydrogens (tertiary/aromatic N) is 3. The van der Waals surface area contributed by atoms with Crippen LogP contribution in [-0.2, 0) is 20.7 Å². The van der Waals surface area contributed by atoms with Crippen LogP contribution in [0.2, 0.25) is 0 Å². The number of carbonyl (C=O) groups is 2. The van der Waals surface area contributed by atoms with E-state index in [1.807, 2.05) is 12.2 Å². The Morgan fingerprint density at radius 3 is 2.39 bits per heavy atom. The summed E-state index contributed by atoms with van der Waals surface area (Å²) in [5, 5.41) is 2.50. The van der Waals surface area contributed by atoms with Gasteiger partial charge in [-0.25, -0.2) is 9.97 Å². The molecular formula is C25H31F3N4O4. The third-order valence-electron chi connectivity index (χ3n) is 5.37. The molecule has 0 unspecified atom stereocenters. The number of para-hydroxylation sites is 1. The highest BCUT2D eigenvalue weighted by Crippen LogP contribution is 2.31. The normalized spacial score (nSPS) is 12.2. The largest absolute Gasteiger partial charge is 0.471 e. The zero-order chi connectivity index (χ0) is 26.5. The molecule has 3 rings (SSSR count). The number of halogens is 3. The number of carbonyl (C=O) groups excluding carboxylic acids is 2. The summed E-state index contributed by atoms with van der Waals surface area (Å²) >= 11 is 0. The van der Waals surface area contributed by atoms with E-state index in [4.69, 9.17) is 9.57 Å². The monoisotopic (exact) mass is 508 g/mol. The Morgan fingerprint density at radius 2 is 1.72 bits per heavy atom. The molecule has 0 radical (unpaired) electrons. The van der Waals surface area contributed by atoms with Crippen molar-refractivity contribution in [3.05, 3.63) is 30.1 Å². The summed E-state index contributed by atoms with van der Waals surface area (Å²) in [6, 6.07) is 6.90. The standard InChI is InChI=1S/C25H31F3N4O4/c1-5-6-13-18-30-19-20(32(18)36-15-10-9-14-35-23(34)24(2,3)4)16-11-7-8-12-17(16)29-21(19)31-22(33)25(26,27)28/h7-8,11-12H,5-6,9-10,13-15H2,1-4H3,(H,29,31,33). The smallest absolute Gasteiger partial charge is 0.465 e. The maximum absolute atomic E-state index is 13.0. The first kappa shape index (κ1) is 27.2. The number of anilines is 1. The van der Waals surface area contributed by atoms with Crippen LogP contribution in [0.1, 0.15) is 59.2 Å². The van der Waals surface area contributed by atoms with Crippen LogP contribution < -0.4 is 10.2 Å². The molecule has 0 atom stereocenters. The second kappa shape index (κ2) is 11.1. The summed E-state index contributed by atoms with van der Waals surface area (Å²) in [4.78, 5) is 38.4. The second-order valence-electron chi connectivity index (χ2n) is 9.48. The summed E-state index contributed by atoms with van der Waals surface area (Å²) in [5.41, 5.74) is 0.373. The number of aromatic nitrogens is 3. The van der Waals surface area contributed by atoms with Gasteiger partial charge in [0, 0.05) is 11.8 Å². The molecule has 36 heavy (non-hydrogen) atoms. The van der Waals surface area contributed by atoms with Crippen LogP contribution in [0.5, 0.6) is 0 Å². The van der Waals surface area contributed by atoms with Gasteiger partial charge in [-0.2, -0.15) is 17.9 Å². The summed E-state index contributed by atoms with van der Waals surface area (Å²) in [6.45, 7) is 7.88. The van der Waals surface area contributed by atoms with Crippen molar-refractivity contribution in [3.63, 3.8) is 0 Å². The molecule has 3 aromatic rings. The fourth-order valence-corrected chi connectivity index (χ4v) is 3.44. The number of unbranched alkanes of at least 4 members (excludes halogenated alkanes) is 2. The number of hydrogen-bond donors (Lipinski definition) is 1. The molecule has 1 amide bonds. The van der Waals surface area contributed by atoms with E-state index in [1.165, 1.54) is 4.73 Å². The third-order valence-corrected chi connectivity index (χ3v) is 5.37. The van der Waals surface area contributed by atoms with Crippen molar-refractivity contribution < 1.29 is 32.3 Å². The number of ether oxygens (including phenoxy) is 1. The van der Waals surface area contributed by atoms with Gasteiger partial charge in [-0.1, -0.05) is 31.5 Å². The Bertz CT molecular complexity index is 1230. The van der Waals surface area contributed by atoms with Gasteiger partial charge in [0.2, 0.25) is 0 Å². The summed E-state index contributed by atoms with van der Waals surface area (Å²) in [5.74, 6) is -2.16. The maximum atomic E-state index is 13.0. The molecule has 11 heteroatoms. The predicted molar refractivity (Wildman–Crippen MR) is 129 cm³/mol. The minimum absolute atomic E-state index is 0.122. The second-order valence-corrected chi connectivity index (χ2v) is 9.48. The molecule has 0 bridgehead atoms. The number of aryl methyl sites for hydroxylation is 1. The molecule has 0 saturated heterocycles. The van der Waals surface area contributed by atoms with Crippen LogP contribution in [0.4, 0.5) is 19.0 Å². The van der Waals surface area contributed by atoms with Crippen LogP contribution in [0.3, 0.4) is 0 Å². The van der Waals surface area contributed by atoms with Gasteiger partial charge in [0.05, 0.1) is 17.5 Å². The number of alkyl halides is 3. The number of imidazole rings is 1. The number of fused-ring (bicyclic) bond motifs is 3.